The Labute approximate surface area is 120 Å². The van der Waals surface area contributed by atoms with Crippen LogP contribution in [0.1, 0.15) is 12.5 Å². The van der Waals surface area contributed by atoms with Gasteiger partial charge in [0.15, 0.2) is 0 Å². The number of sulfonamides is 1. The molecule has 5 nitrogen and oxygen atoms in total. The smallest absolute Gasteiger partial charge is 0.243 e. The van der Waals surface area contributed by atoms with Gasteiger partial charge in [0.2, 0.25) is 10.0 Å². The third-order valence-corrected chi connectivity index (χ3v) is 4.55. The van der Waals surface area contributed by atoms with Crippen molar-refractivity contribution in [2.75, 3.05) is 27.7 Å². The van der Waals surface area contributed by atoms with Crippen molar-refractivity contribution in [1.29, 1.82) is 0 Å². The van der Waals surface area contributed by atoms with Crippen LogP contribution in [0.4, 0.5) is 4.39 Å². The van der Waals surface area contributed by atoms with E-state index >= 15 is 0 Å². The summed E-state index contributed by atoms with van der Waals surface area (Å²) in [7, 11) is 1.61. The van der Waals surface area contributed by atoms with Crippen molar-refractivity contribution in [1.82, 2.24) is 14.9 Å². The third-order valence-electron chi connectivity index (χ3n) is 3.12. The van der Waals surface area contributed by atoms with E-state index < -0.39 is 15.8 Å². The average molecular weight is 303 g/mol. The number of nitrogens with zero attached hydrogens (tertiary/aromatic N) is 1. The minimum Gasteiger partial charge on any atom is -0.316 e. The van der Waals surface area contributed by atoms with Gasteiger partial charge in [0, 0.05) is 19.1 Å². The van der Waals surface area contributed by atoms with E-state index in [2.05, 4.69) is 10.0 Å². The quantitative estimate of drug-likeness (QED) is 0.781. The number of halogens is 1. The fourth-order valence-electron chi connectivity index (χ4n) is 1.56. The summed E-state index contributed by atoms with van der Waals surface area (Å²) < 4.78 is 40.5. The Kier molecular flexibility index (Phi) is 6.07. The highest BCUT2D eigenvalue weighted by atomic mass is 32.2. The first-order chi connectivity index (χ1) is 9.27. The molecule has 0 fully saturated rings. The van der Waals surface area contributed by atoms with Crippen molar-refractivity contribution in [2.24, 2.45) is 0 Å². The molecule has 0 spiro atoms. The number of benzene rings is 1. The minimum absolute atomic E-state index is 0.0216. The second-order valence-electron chi connectivity index (χ2n) is 4.96. The topological polar surface area (TPSA) is 61.4 Å². The summed E-state index contributed by atoms with van der Waals surface area (Å²) >= 11 is 0. The highest BCUT2D eigenvalue weighted by Crippen LogP contribution is 2.16. The predicted octanol–water partition coefficient (Wildman–Crippen LogP) is 0.774. The van der Waals surface area contributed by atoms with Crippen molar-refractivity contribution in [2.45, 2.75) is 24.4 Å². The van der Waals surface area contributed by atoms with Crippen LogP contribution in [-0.2, 0) is 16.6 Å². The molecule has 1 atom stereocenters. The number of nitrogens with one attached hydrogen (secondary N) is 2. The number of hydrogen-bond donors (Lipinski definition) is 2. The van der Waals surface area contributed by atoms with E-state index in [-0.39, 0.29) is 17.5 Å². The van der Waals surface area contributed by atoms with Crippen LogP contribution in [0.25, 0.3) is 0 Å². The van der Waals surface area contributed by atoms with Gasteiger partial charge in [-0.05, 0) is 45.8 Å². The molecule has 0 heterocycles. The van der Waals surface area contributed by atoms with Gasteiger partial charge in [-0.1, -0.05) is 6.07 Å². The Balaban J connectivity index is 2.94. The van der Waals surface area contributed by atoms with Gasteiger partial charge < -0.3 is 10.2 Å². The van der Waals surface area contributed by atoms with Crippen molar-refractivity contribution < 1.29 is 12.8 Å². The molecule has 0 aliphatic carbocycles. The SMILES string of the molecule is CNCc1ccc(F)c(S(=O)(=O)NCC(C)N(C)C)c1. The fraction of sp³-hybridized carbons (Fsp3) is 0.538. The zero-order valence-corrected chi connectivity index (χ0v) is 13.1. The molecule has 2 N–H and O–H groups in total. The van der Waals surface area contributed by atoms with Gasteiger partial charge in [0.1, 0.15) is 10.7 Å². The molecule has 20 heavy (non-hydrogen) atoms. The number of rotatable bonds is 7. The molecule has 1 aromatic rings. The maximum Gasteiger partial charge on any atom is 0.243 e. The Morgan fingerprint density at radius 1 is 1.35 bits per heavy atom. The number of hydrogen-bond acceptors (Lipinski definition) is 4. The largest absolute Gasteiger partial charge is 0.316 e. The van der Waals surface area contributed by atoms with Crippen molar-refractivity contribution in [3.05, 3.63) is 29.6 Å². The first-order valence-electron chi connectivity index (χ1n) is 6.37. The molecule has 0 aliphatic rings. The van der Waals surface area contributed by atoms with Crippen molar-refractivity contribution in [3.8, 4) is 0 Å². The summed E-state index contributed by atoms with van der Waals surface area (Å²) in [6.45, 7) is 2.60. The van der Waals surface area contributed by atoms with Crippen LogP contribution >= 0.6 is 0 Å². The second kappa shape index (κ2) is 7.12. The summed E-state index contributed by atoms with van der Waals surface area (Å²) in [5.41, 5.74) is 0.718. The van der Waals surface area contributed by atoms with Gasteiger partial charge in [-0.3, -0.25) is 0 Å². The van der Waals surface area contributed by atoms with Gasteiger partial charge >= 0.3 is 0 Å². The zero-order valence-electron chi connectivity index (χ0n) is 12.3. The molecule has 1 aromatic carbocycles. The molecule has 0 bridgehead atoms. The van der Waals surface area contributed by atoms with E-state index in [1.807, 2.05) is 25.9 Å². The van der Waals surface area contributed by atoms with Gasteiger partial charge in [0.05, 0.1) is 0 Å². The molecule has 1 unspecified atom stereocenters. The summed E-state index contributed by atoms with van der Waals surface area (Å²) in [4.78, 5) is 1.58. The van der Waals surface area contributed by atoms with Crippen LogP contribution in [0, 0.1) is 5.82 Å². The van der Waals surface area contributed by atoms with Crippen LogP contribution < -0.4 is 10.0 Å². The lowest BCUT2D eigenvalue weighted by atomic mass is 10.2. The standard InChI is InChI=1S/C13H22FN3O2S/c1-10(17(3)4)8-16-20(18,19)13-7-11(9-15-2)5-6-12(13)14/h5-7,10,15-16H,8-9H2,1-4H3. The maximum atomic E-state index is 13.7. The Morgan fingerprint density at radius 3 is 2.55 bits per heavy atom. The molecule has 1 rings (SSSR count). The summed E-state index contributed by atoms with van der Waals surface area (Å²) in [5, 5.41) is 2.90. The Morgan fingerprint density at radius 2 is 2.00 bits per heavy atom. The van der Waals surface area contributed by atoms with E-state index in [9.17, 15) is 12.8 Å². The Bertz CT molecular complexity index is 547. The normalized spacial score (nSPS) is 13.7. The number of likely N-dealkylation sites (N-methyl/N-ethyl adjacent to an activating group) is 1. The third kappa shape index (κ3) is 4.52. The predicted molar refractivity (Wildman–Crippen MR) is 77.5 cm³/mol. The summed E-state index contributed by atoms with van der Waals surface area (Å²) in [5.74, 6) is -0.741. The highest BCUT2D eigenvalue weighted by Gasteiger charge is 2.20. The van der Waals surface area contributed by atoms with Gasteiger partial charge in [-0.2, -0.15) is 0 Å². The molecule has 7 heteroatoms. The van der Waals surface area contributed by atoms with Crippen LogP contribution in [0.2, 0.25) is 0 Å². The average Bonchev–Trinajstić information content (AvgIpc) is 2.38. The second-order valence-corrected chi connectivity index (χ2v) is 6.70. The first-order valence-corrected chi connectivity index (χ1v) is 7.85. The van der Waals surface area contributed by atoms with Crippen LogP contribution in [0.15, 0.2) is 23.1 Å². The Hall–Kier alpha value is -1.02. The lowest BCUT2D eigenvalue weighted by Gasteiger charge is -2.20. The van der Waals surface area contributed by atoms with E-state index in [0.29, 0.717) is 6.54 Å². The van der Waals surface area contributed by atoms with Gasteiger partial charge in [-0.25, -0.2) is 17.5 Å². The molecule has 0 aliphatic heterocycles. The summed E-state index contributed by atoms with van der Waals surface area (Å²) in [6.07, 6.45) is 0. The summed E-state index contributed by atoms with van der Waals surface area (Å²) in [6, 6.07) is 4.12. The molecule has 114 valence electrons. The van der Waals surface area contributed by atoms with Gasteiger partial charge in [-0.15, -0.1) is 0 Å². The highest BCUT2D eigenvalue weighted by molar-refractivity contribution is 7.89. The molecular weight excluding hydrogens is 281 g/mol. The first kappa shape index (κ1) is 17.0. The molecular formula is C13H22FN3O2S. The van der Waals surface area contributed by atoms with E-state index in [1.54, 1.807) is 13.1 Å². The maximum absolute atomic E-state index is 13.7. The lowest BCUT2D eigenvalue weighted by molar-refractivity contribution is 0.313. The van der Waals surface area contributed by atoms with Crippen LogP contribution in [0.5, 0.6) is 0 Å². The zero-order chi connectivity index (χ0) is 15.3. The molecule has 0 saturated heterocycles. The van der Waals surface area contributed by atoms with E-state index in [0.717, 1.165) is 5.56 Å². The van der Waals surface area contributed by atoms with Crippen LogP contribution in [-0.4, -0.2) is 47.0 Å². The van der Waals surface area contributed by atoms with Crippen molar-refractivity contribution in [3.63, 3.8) is 0 Å². The minimum atomic E-state index is -3.84. The van der Waals surface area contributed by atoms with Gasteiger partial charge in [0.25, 0.3) is 0 Å². The van der Waals surface area contributed by atoms with Crippen molar-refractivity contribution >= 4 is 10.0 Å². The molecule has 0 saturated carbocycles. The van der Waals surface area contributed by atoms with E-state index in [4.69, 9.17) is 0 Å². The molecule has 0 amide bonds. The fourth-order valence-corrected chi connectivity index (χ4v) is 2.81. The van der Waals surface area contributed by atoms with Crippen LogP contribution in [0.3, 0.4) is 0 Å². The molecule has 0 radical (unpaired) electrons. The van der Waals surface area contributed by atoms with E-state index in [1.165, 1.54) is 12.1 Å². The lowest BCUT2D eigenvalue weighted by Crippen LogP contribution is -2.38. The molecule has 0 aromatic heterocycles. The monoisotopic (exact) mass is 303 g/mol.